The largest absolute Gasteiger partial charge is 0.359 e. The smallest absolute Gasteiger partial charge is 0.273 e. The van der Waals surface area contributed by atoms with Gasteiger partial charge in [-0.05, 0) is 43.7 Å². The molecule has 0 aliphatic carbocycles. The van der Waals surface area contributed by atoms with Gasteiger partial charge in [-0.15, -0.1) is 0 Å². The molecule has 3 heterocycles. The Balaban J connectivity index is 2.05. The van der Waals surface area contributed by atoms with Crippen molar-refractivity contribution in [2.24, 2.45) is 5.10 Å². The number of aromatic amines is 1. The van der Waals surface area contributed by atoms with Crippen molar-refractivity contribution in [2.75, 3.05) is 0 Å². The summed E-state index contributed by atoms with van der Waals surface area (Å²) in [5.74, 6) is -0.199. The molecule has 20 heavy (non-hydrogen) atoms. The maximum atomic E-state index is 12.0. The molecule has 3 rings (SSSR count). The number of carbonyl (C=O) groups excluding carboxylic acids is 1. The van der Waals surface area contributed by atoms with Crippen molar-refractivity contribution in [3.8, 4) is 0 Å². The molecule has 1 amide bonds. The van der Waals surface area contributed by atoms with E-state index in [0.717, 1.165) is 22.5 Å². The van der Waals surface area contributed by atoms with Gasteiger partial charge in [0.2, 0.25) is 0 Å². The summed E-state index contributed by atoms with van der Waals surface area (Å²) in [6, 6.07) is 5.75. The Morgan fingerprint density at radius 2 is 2.15 bits per heavy atom. The fraction of sp³-hybridized carbons (Fsp3) is 0.133. The van der Waals surface area contributed by atoms with Gasteiger partial charge in [-0.3, -0.25) is 9.78 Å². The fourth-order valence-electron chi connectivity index (χ4n) is 2.24. The Hall–Kier alpha value is -2.69. The lowest BCUT2D eigenvalue weighted by Gasteiger charge is -2.01. The fourth-order valence-corrected chi connectivity index (χ4v) is 2.24. The van der Waals surface area contributed by atoms with Crippen LogP contribution in [-0.4, -0.2) is 21.6 Å². The molecule has 5 nitrogen and oxygen atoms in total. The van der Waals surface area contributed by atoms with E-state index in [1.807, 2.05) is 38.1 Å². The summed E-state index contributed by atoms with van der Waals surface area (Å²) in [6.07, 6.45) is 5.21. The van der Waals surface area contributed by atoms with Crippen LogP contribution in [0.2, 0.25) is 0 Å². The molecule has 0 saturated carbocycles. The van der Waals surface area contributed by atoms with Crippen molar-refractivity contribution >= 4 is 17.7 Å². The van der Waals surface area contributed by atoms with Gasteiger partial charge in [0.1, 0.15) is 5.71 Å². The van der Waals surface area contributed by atoms with E-state index in [-0.39, 0.29) is 5.91 Å². The Bertz CT molecular complexity index is 726. The van der Waals surface area contributed by atoms with Crippen molar-refractivity contribution in [1.82, 2.24) is 15.4 Å². The summed E-state index contributed by atoms with van der Waals surface area (Å²) in [6.45, 7) is 3.99. The number of hydrazone groups is 1. The molecule has 1 aliphatic rings. The quantitative estimate of drug-likeness (QED) is 0.815. The predicted octanol–water partition coefficient (Wildman–Crippen LogP) is 1.94. The molecule has 0 bridgehead atoms. The lowest BCUT2D eigenvalue weighted by Crippen LogP contribution is -2.13. The molecule has 2 N–H and O–H groups in total. The molecule has 5 heteroatoms. The van der Waals surface area contributed by atoms with E-state index in [0.29, 0.717) is 11.3 Å². The minimum atomic E-state index is -0.199. The van der Waals surface area contributed by atoms with Crippen LogP contribution in [0.25, 0.3) is 6.08 Å². The van der Waals surface area contributed by atoms with Gasteiger partial charge in [0, 0.05) is 29.3 Å². The van der Waals surface area contributed by atoms with Crippen LogP contribution in [0, 0.1) is 13.8 Å². The highest BCUT2D eigenvalue weighted by atomic mass is 16.2. The minimum absolute atomic E-state index is 0.199. The van der Waals surface area contributed by atoms with Crippen LogP contribution >= 0.6 is 0 Å². The van der Waals surface area contributed by atoms with Crippen LogP contribution < -0.4 is 5.43 Å². The van der Waals surface area contributed by atoms with Crippen LogP contribution in [0.3, 0.4) is 0 Å². The second-order valence-corrected chi connectivity index (χ2v) is 4.75. The molecular weight excluding hydrogens is 252 g/mol. The van der Waals surface area contributed by atoms with E-state index in [9.17, 15) is 4.79 Å². The molecule has 1 aliphatic heterocycles. The molecule has 0 atom stereocenters. The Morgan fingerprint density at radius 1 is 1.30 bits per heavy atom. The van der Waals surface area contributed by atoms with Crippen molar-refractivity contribution in [2.45, 2.75) is 13.8 Å². The zero-order chi connectivity index (χ0) is 14.1. The monoisotopic (exact) mass is 266 g/mol. The van der Waals surface area contributed by atoms with Crippen LogP contribution in [0.15, 0.2) is 41.3 Å². The number of amides is 1. The lowest BCUT2D eigenvalue weighted by molar-refractivity contribution is -0.116. The van der Waals surface area contributed by atoms with Crippen molar-refractivity contribution in [3.05, 3.63) is 58.7 Å². The van der Waals surface area contributed by atoms with E-state index in [4.69, 9.17) is 0 Å². The average Bonchev–Trinajstić information content (AvgIpc) is 2.95. The minimum Gasteiger partial charge on any atom is -0.359 e. The van der Waals surface area contributed by atoms with E-state index in [1.165, 1.54) is 0 Å². The van der Waals surface area contributed by atoms with E-state index >= 15 is 0 Å². The highest BCUT2D eigenvalue weighted by Crippen LogP contribution is 2.19. The Labute approximate surface area is 116 Å². The zero-order valence-corrected chi connectivity index (χ0v) is 11.3. The highest BCUT2D eigenvalue weighted by molar-refractivity contribution is 6.33. The van der Waals surface area contributed by atoms with Crippen LogP contribution in [0.5, 0.6) is 0 Å². The molecular formula is C15H14N4O. The number of H-pyrrole nitrogens is 1. The number of rotatable bonds is 2. The number of nitrogens with one attached hydrogen (secondary N) is 2. The molecule has 0 spiro atoms. The van der Waals surface area contributed by atoms with Gasteiger partial charge in [-0.2, -0.15) is 5.10 Å². The maximum Gasteiger partial charge on any atom is 0.273 e. The van der Waals surface area contributed by atoms with Gasteiger partial charge >= 0.3 is 0 Å². The van der Waals surface area contributed by atoms with Gasteiger partial charge in [0.15, 0.2) is 0 Å². The maximum absolute atomic E-state index is 12.0. The van der Waals surface area contributed by atoms with Gasteiger partial charge in [0.05, 0.1) is 5.57 Å². The van der Waals surface area contributed by atoms with Gasteiger partial charge in [0.25, 0.3) is 5.91 Å². The third kappa shape index (κ3) is 2.14. The van der Waals surface area contributed by atoms with Crippen molar-refractivity contribution in [3.63, 3.8) is 0 Å². The normalized spacial score (nSPS) is 16.4. The Morgan fingerprint density at radius 3 is 2.80 bits per heavy atom. The van der Waals surface area contributed by atoms with Gasteiger partial charge in [-0.1, -0.05) is 0 Å². The SMILES string of the molecule is Cc1cc(C)c(/C=C2\C(=O)NN=C2c2cccnc2)[nH]1. The molecule has 2 aromatic heterocycles. The summed E-state index contributed by atoms with van der Waals surface area (Å²) in [5, 5.41) is 4.10. The lowest BCUT2D eigenvalue weighted by atomic mass is 10.0. The van der Waals surface area contributed by atoms with E-state index < -0.39 is 0 Å². The third-order valence-corrected chi connectivity index (χ3v) is 3.18. The molecule has 0 unspecified atom stereocenters. The number of nitrogens with zero attached hydrogens (tertiary/aromatic N) is 2. The molecule has 0 aromatic carbocycles. The predicted molar refractivity (Wildman–Crippen MR) is 77.2 cm³/mol. The van der Waals surface area contributed by atoms with Gasteiger partial charge in [-0.25, -0.2) is 5.43 Å². The second kappa shape index (κ2) is 4.77. The number of aromatic nitrogens is 2. The standard InChI is InChI=1S/C15H14N4O/c1-9-6-10(2)17-13(9)7-12-14(18-19-15(12)20)11-4-3-5-16-8-11/h3-8,17H,1-2H3,(H,19,20)/b12-7-. The number of hydrogen-bond acceptors (Lipinski definition) is 3. The van der Waals surface area contributed by atoms with Crippen molar-refractivity contribution in [1.29, 1.82) is 0 Å². The number of carbonyl (C=O) groups is 1. The number of hydrogen-bond donors (Lipinski definition) is 2. The van der Waals surface area contributed by atoms with Crippen molar-refractivity contribution < 1.29 is 4.79 Å². The molecule has 0 radical (unpaired) electrons. The summed E-state index contributed by atoms with van der Waals surface area (Å²) in [5.41, 5.74) is 7.57. The number of aryl methyl sites for hydroxylation is 2. The molecule has 0 fully saturated rings. The summed E-state index contributed by atoms with van der Waals surface area (Å²) in [4.78, 5) is 19.3. The number of pyridine rings is 1. The first-order valence-corrected chi connectivity index (χ1v) is 6.32. The van der Waals surface area contributed by atoms with Crippen LogP contribution in [0.1, 0.15) is 22.5 Å². The average molecular weight is 266 g/mol. The molecule has 2 aromatic rings. The van der Waals surface area contributed by atoms with Crippen LogP contribution in [-0.2, 0) is 4.79 Å². The Kier molecular flexibility index (Phi) is 2.95. The van der Waals surface area contributed by atoms with E-state index in [2.05, 4.69) is 20.5 Å². The molecule has 100 valence electrons. The highest BCUT2D eigenvalue weighted by Gasteiger charge is 2.24. The van der Waals surface area contributed by atoms with E-state index in [1.54, 1.807) is 12.4 Å². The first-order valence-electron chi connectivity index (χ1n) is 6.32. The van der Waals surface area contributed by atoms with Gasteiger partial charge < -0.3 is 4.98 Å². The molecule has 0 saturated heterocycles. The topological polar surface area (TPSA) is 70.1 Å². The third-order valence-electron chi connectivity index (χ3n) is 3.18. The first-order chi connectivity index (χ1) is 9.65. The summed E-state index contributed by atoms with van der Waals surface area (Å²) in [7, 11) is 0. The second-order valence-electron chi connectivity index (χ2n) is 4.75. The first kappa shape index (κ1) is 12.3. The summed E-state index contributed by atoms with van der Waals surface area (Å²) >= 11 is 0. The van der Waals surface area contributed by atoms with Crippen LogP contribution in [0.4, 0.5) is 0 Å². The summed E-state index contributed by atoms with van der Waals surface area (Å²) < 4.78 is 0. The zero-order valence-electron chi connectivity index (χ0n) is 11.3.